The zero-order valence-electron chi connectivity index (χ0n) is 33.0. The van der Waals surface area contributed by atoms with E-state index in [0.717, 1.165) is 6.42 Å². The molecule has 0 nitrogen and oxygen atoms in total. The maximum atomic E-state index is 2.61. The van der Waals surface area contributed by atoms with Gasteiger partial charge in [0.05, 0.1) is 0 Å². The molecule has 1 unspecified atom stereocenters. The van der Waals surface area contributed by atoms with Gasteiger partial charge in [-0.2, -0.15) is 0 Å². The Morgan fingerprint density at radius 2 is 0.674 bits per heavy atom. The smallest absolute Gasteiger partial charge is 0.0126 e. The maximum Gasteiger partial charge on any atom is -0.0126 e. The minimum Gasteiger partial charge on any atom is -0.0581 e. The Balaban J connectivity index is 3.11. The Labute approximate surface area is 270 Å². The SMILES string of the molecule is CC(Cc1c(C(C)(C)C)cc(C(C)(C)C)c(C(C)(C)C)c1C(C)(C)C)c1cc(C(C)(C)C)c(C(C)(C)C)c(C(C)(C)C)c1. The maximum absolute atomic E-state index is 2.61. The molecule has 0 bridgehead atoms. The van der Waals surface area contributed by atoms with Crippen molar-refractivity contribution >= 4 is 0 Å². The molecule has 0 aromatic heterocycles. The van der Waals surface area contributed by atoms with Crippen LogP contribution in [0, 0.1) is 0 Å². The van der Waals surface area contributed by atoms with Gasteiger partial charge in [-0.1, -0.05) is 171 Å². The molecule has 2 aromatic rings. The highest BCUT2D eigenvalue weighted by Gasteiger charge is 2.38. The molecule has 0 aliphatic rings. The first-order valence-corrected chi connectivity index (χ1v) is 17.1. The lowest BCUT2D eigenvalue weighted by molar-refractivity contribution is 0.481. The molecule has 43 heavy (non-hydrogen) atoms. The summed E-state index contributed by atoms with van der Waals surface area (Å²) in [4.78, 5) is 0. The van der Waals surface area contributed by atoms with E-state index in [1.807, 2.05) is 0 Å². The summed E-state index contributed by atoms with van der Waals surface area (Å²) in [6.45, 7) is 53.1. The summed E-state index contributed by atoms with van der Waals surface area (Å²) in [6.07, 6.45) is 1.05. The minimum atomic E-state index is 0.0299. The first-order valence-electron chi connectivity index (χ1n) is 17.1. The van der Waals surface area contributed by atoms with Crippen LogP contribution in [0.25, 0.3) is 0 Å². The van der Waals surface area contributed by atoms with Crippen LogP contribution in [0.2, 0.25) is 0 Å². The second-order valence-corrected chi connectivity index (χ2v) is 21.0. The van der Waals surface area contributed by atoms with E-state index in [-0.39, 0.29) is 37.9 Å². The highest BCUT2D eigenvalue weighted by atomic mass is 14.4. The Bertz CT molecular complexity index is 1260. The van der Waals surface area contributed by atoms with Crippen LogP contribution in [0.1, 0.15) is 208 Å². The summed E-state index contributed by atoms with van der Waals surface area (Å²) in [5, 5.41) is 0. The third kappa shape index (κ3) is 8.38. The van der Waals surface area contributed by atoms with E-state index in [0.29, 0.717) is 5.92 Å². The average Bonchev–Trinajstić information content (AvgIpc) is 2.72. The van der Waals surface area contributed by atoms with Crippen LogP contribution >= 0.6 is 0 Å². The lowest BCUT2D eigenvalue weighted by atomic mass is 9.63. The van der Waals surface area contributed by atoms with E-state index in [9.17, 15) is 0 Å². The van der Waals surface area contributed by atoms with Crippen molar-refractivity contribution in [1.82, 2.24) is 0 Å². The first-order chi connectivity index (χ1) is 18.7. The number of hydrogen-bond donors (Lipinski definition) is 0. The Hall–Kier alpha value is -1.56. The van der Waals surface area contributed by atoms with Crippen LogP contribution < -0.4 is 0 Å². The van der Waals surface area contributed by atoms with Gasteiger partial charge in [0.1, 0.15) is 0 Å². The Morgan fingerprint density at radius 3 is 0.953 bits per heavy atom. The Kier molecular flexibility index (Phi) is 9.93. The monoisotopic (exact) mass is 589 g/mol. The normalized spacial score (nSPS) is 15.2. The van der Waals surface area contributed by atoms with E-state index in [4.69, 9.17) is 0 Å². The van der Waals surface area contributed by atoms with Gasteiger partial charge < -0.3 is 0 Å². The van der Waals surface area contributed by atoms with Gasteiger partial charge >= 0.3 is 0 Å². The molecule has 0 N–H and O–H groups in total. The standard InChI is InChI=1S/C43H72/c1-27(28-24-31(38(5,6)7)35(42(17,18)19)32(25-28)39(8,9)10)23-29-30(37(2,3)4)26-33(40(11,12)13)36(43(20,21)22)34(29)41(14,15)16/h24-27H,23H2,1-22H3. The van der Waals surface area contributed by atoms with Crippen molar-refractivity contribution in [1.29, 1.82) is 0 Å². The van der Waals surface area contributed by atoms with Gasteiger partial charge in [0, 0.05) is 0 Å². The first kappa shape index (κ1) is 37.6. The molecule has 2 rings (SSSR count). The third-order valence-corrected chi connectivity index (χ3v) is 9.16. The second kappa shape index (κ2) is 11.4. The van der Waals surface area contributed by atoms with Crippen molar-refractivity contribution in [2.75, 3.05) is 0 Å². The summed E-state index contributed by atoms with van der Waals surface area (Å²) < 4.78 is 0. The van der Waals surface area contributed by atoms with Crippen LogP contribution in [0.3, 0.4) is 0 Å². The molecule has 244 valence electrons. The molecule has 1 atom stereocenters. The molecule has 0 heteroatoms. The molecule has 0 saturated heterocycles. The lowest BCUT2D eigenvalue weighted by Crippen LogP contribution is -2.32. The van der Waals surface area contributed by atoms with Crippen LogP contribution in [0.5, 0.6) is 0 Å². The molecule has 0 saturated carbocycles. The van der Waals surface area contributed by atoms with Gasteiger partial charge in [0.25, 0.3) is 0 Å². The fourth-order valence-corrected chi connectivity index (χ4v) is 7.17. The molecule has 0 aliphatic heterocycles. The zero-order chi connectivity index (χ0) is 34.1. The van der Waals surface area contributed by atoms with Crippen LogP contribution in [0.4, 0.5) is 0 Å². The Morgan fingerprint density at radius 1 is 0.372 bits per heavy atom. The van der Waals surface area contributed by atoms with Crippen molar-refractivity contribution in [3.8, 4) is 0 Å². The molecule has 0 fully saturated rings. The molecule has 0 aliphatic carbocycles. The quantitative estimate of drug-likeness (QED) is 0.334. The number of hydrogen-bond acceptors (Lipinski definition) is 0. The summed E-state index contributed by atoms with van der Waals surface area (Å²) >= 11 is 0. The van der Waals surface area contributed by atoms with E-state index in [2.05, 4.69) is 171 Å². The molecule has 0 spiro atoms. The van der Waals surface area contributed by atoms with Gasteiger partial charge in [-0.05, 0) is 100 Å². The van der Waals surface area contributed by atoms with E-state index in [1.54, 1.807) is 22.3 Å². The van der Waals surface area contributed by atoms with Gasteiger partial charge in [0.2, 0.25) is 0 Å². The van der Waals surface area contributed by atoms with Crippen LogP contribution in [0.15, 0.2) is 18.2 Å². The van der Waals surface area contributed by atoms with Gasteiger partial charge in [-0.3, -0.25) is 0 Å². The highest BCUT2D eigenvalue weighted by molar-refractivity contribution is 5.57. The van der Waals surface area contributed by atoms with Crippen molar-refractivity contribution in [3.05, 3.63) is 68.3 Å². The topological polar surface area (TPSA) is 0 Å². The van der Waals surface area contributed by atoms with Gasteiger partial charge in [0.15, 0.2) is 0 Å². The molecular formula is C43H72. The molecule has 0 heterocycles. The third-order valence-electron chi connectivity index (χ3n) is 9.16. The molecule has 0 amide bonds. The zero-order valence-corrected chi connectivity index (χ0v) is 33.0. The van der Waals surface area contributed by atoms with Crippen molar-refractivity contribution < 1.29 is 0 Å². The lowest BCUT2D eigenvalue weighted by Gasteiger charge is -2.41. The van der Waals surface area contributed by atoms with E-state index in [1.165, 1.54) is 27.8 Å². The van der Waals surface area contributed by atoms with Crippen molar-refractivity contribution in [2.24, 2.45) is 0 Å². The summed E-state index contributed by atoms with van der Waals surface area (Å²) in [7, 11) is 0. The fraction of sp³-hybridized carbons (Fsp3) is 0.721. The number of rotatable bonds is 3. The van der Waals surface area contributed by atoms with Crippen LogP contribution in [-0.2, 0) is 44.3 Å². The molecular weight excluding hydrogens is 516 g/mol. The average molecular weight is 589 g/mol. The largest absolute Gasteiger partial charge is 0.0581 e. The second-order valence-electron chi connectivity index (χ2n) is 21.0. The van der Waals surface area contributed by atoms with Crippen molar-refractivity contribution in [2.45, 2.75) is 203 Å². The highest BCUT2D eigenvalue weighted by Crippen LogP contribution is 2.48. The minimum absolute atomic E-state index is 0.0299. The number of benzene rings is 2. The predicted molar refractivity (Wildman–Crippen MR) is 196 cm³/mol. The summed E-state index contributed by atoms with van der Waals surface area (Å²) in [5.74, 6) is 0.395. The van der Waals surface area contributed by atoms with Crippen LogP contribution in [-0.4, -0.2) is 0 Å². The molecule has 0 radical (unpaired) electrons. The molecule has 2 aromatic carbocycles. The summed E-state index contributed by atoms with van der Waals surface area (Å²) in [6, 6.07) is 7.78. The van der Waals surface area contributed by atoms with Gasteiger partial charge in [-0.25, -0.2) is 0 Å². The van der Waals surface area contributed by atoms with E-state index < -0.39 is 0 Å². The predicted octanol–water partition coefficient (Wildman–Crippen LogP) is 13.1. The van der Waals surface area contributed by atoms with Crippen molar-refractivity contribution in [3.63, 3.8) is 0 Å². The summed E-state index contributed by atoms with van der Waals surface area (Å²) in [5.41, 5.74) is 14.3. The van der Waals surface area contributed by atoms with Gasteiger partial charge in [-0.15, -0.1) is 0 Å². The fourth-order valence-electron chi connectivity index (χ4n) is 7.17. The van der Waals surface area contributed by atoms with E-state index >= 15 is 0 Å².